The van der Waals surface area contributed by atoms with Gasteiger partial charge in [0.1, 0.15) is 16.9 Å². The molecule has 0 spiro atoms. The summed E-state index contributed by atoms with van der Waals surface area (Å²) in [5, 5.41) is 21.7. The van der Waals surface area contributed by atoms with E-state index in [1.54, 1.807) is 0 Å². The third-order valence-electron chi connectivity index (χ3n) is 2.11. The van der Waals surface area contributed by atoms with E-state index in [0.29, 0.717) is 0 Å². The fourth-order valence-corrected chi connectivity index (χ4v) is 1.23. The Hall–Kier alpha value is -2.49. The standard InChI is InChI=1S/C11H10FN3O3/c1-11(2,6-13)14-10(16)8-5-7(12)3-4-9(8)15(17)18/h3-5H,1-2H3,(H,14,16). The summed E-state index contributed by atoms with van der Waals surface area (Å²) in [5.74, 6) is -1.63. The van der Waals surface area contributed by atoms with E-state index in [9.17, 15) is 19.3 Å². The molecule has 0 aliphatic carbocycles. The molecular weight excluding hydrogens is 241 g/mol. The van der Waals surface area contributed by atoms with Gasteiger partial charge < -0.3 is 5.32 Å². The molecule has 0 saturated heterocycles. The number of rotatable bonds is 3. The average Bonchev–Trinajstić information content (AvgIpc) is 2.28. The van der Waals surface area contributed by atoms with Crippen LogP contribution < -0.4 is 5.32 Å². The second-order valence-corrected chi connectivity index (χ2v) is 4.11. The highest BCUT2D eigenvalue weighted by molar-refractivity contribution is 5.98. The lowest BCUT2D eigenvalue weighted by molar-refractivity contribution is -0.385. The SMILES string of the molecule is CC(C)(C#N)NC(=O)c1cc(F)ccc1[N+](=O)[O-]. The Balaban J connectivity index is 3.17. The number of amides is 1. The lowest BCUT2D eigenvalue weighted by Gasteiger charge is -2.17. The van der Waals surface area contributed by atoms with Gasteiger partial charge in [-0.05, 0) is 26.0 Å². The number of nitro benzene ring substituents is 1. The highest BCUT2D eigenvalue weighted by Gasteiger charge is 2.26. The van der Waals surface area contributed by atoms with Gasteiger partial charge in [-0.1, -0.05) is 0 Å². The van der Waals surface area contributed by atoms with Crippen molar-refractivity contribution in [2.45, 2.75) is 19.4 Å². The molecule has 0 heterocycles. The highest BCUT2D eigenvalue weighted by Crippen LogP contribution is 2.20. The molecule has 0 fully saturated rings. The molecule has 0 atom stereocenters. The van der Waals surface area contributed by atoms with E-state index in [2.05, 4.69) is 5.32 Å². The fourth-order valence-electron chi connectivity index (χ4n) is 1.23. The Morgan fingerprint density at radius 1 is 1.56 bits per heavy atom. The van der Waals surface area contributed by atoms with E-state index in [-0.39, 0.29) is 0 Å². The number of carbonyl (C=O) groups excluding carboxylic acids is 1. The van der Waals surface area contributed by atoms with Crippen molar-refractivity contribution in [3.8, 4) is 6.07 Å². The molecule has 0 bridgehead atoms. The van der Waals surface area contributed by atoms with E-state index >= 15 is 0 Å². The van der Waals surface area contributed by atoms with Gasteiger partial charge in [-0.3, -0.25) is 14.9 Å². The molecule has 0 radical (unpaired) electrons. The number of carbonyl (C=O) groups is 1. The fraction of sp³-hybridized carbons (Fsp3) is 0.273. The number of nitrogens with zero attached hydrogens (tertiary/aromatic N) is 2. The van der Waals surface area contributed by atoms with E-state index in [4.69, 9.17) is 5.26 Å². The van der Waals surface area contributed by atoms with Crippen LogP contribution >= 0.6 is 0 Å². The molecule has 1 rings (SSSR count). The smallest absolute Gasteiger partial charge is 0.282 e. The van der Waals surface area contributed by atoms with Gasteiger partial charge in [0.2, 0.25) is 0 Å². The van der Waals surface area contributed by atoms with Crippen LogP contribution in [0, 0.1) is 27.3 Å². The summed E-state index contributed by atoms with van der Waals surface area (Å²) in [5.41, 5.74) is -2.12. The maximum absolute atomic E-state index is 13.0. The van der Waals surface area contributed by atoms with Crippen LogP contribution in [0.4, 0.5) is 10.1 Å². The Morgan fingerprint density at radius 2 is 2.17 bits per heavy atom. The van der Waals surface area contributed by atoms with Gasteiger partial charge in [0, 0.05) is 6.07 Å². The maximum atomic E-state index is 13.0. The number of halogens is 1. The van der Waals surface area contributed by atoms with Gasteiger partial charge in [0.05, 0.1) is 11.0 Å². The first-order chi connectivity index (χ1) is 8.26. The molecular formula is C11H10FN3O3. The molecule has 1 aromatic carbocycles. The van der Waals surface area contributed by atoms with Crippen LogP contribution in [0.15, 0.2) is 18.2 Å². The van der Waals surface area contributed by atoms with Gasteiger partial charge in [-0.25, -0.2) is 4.39 Å². The van der Waals surface area contributed by atoms with Crippen LogP contribution in [0.5, 0.6) is 0 Å². The molecule has 0 aromatic heterocycles. The molecule has 1 amide bonds. The molecule has 0 unspecified atom stereocenters. The number of hydrogen-bond acceptors (Lipinski definition) is 4. The first-order valence-electron chi connectivity index (χ1n) is 4.94. The first kappa shape index (κ1) is 13.6. The largest absolute Gasteiger partial charge is 0.334 e. The van der Waals surface area contributed by atoms with Crippen molar-refractivity contribution >= 4 is 11.6 Å². The van der Waals surface area contributed by atoms with E-state index < -0.39 is 33.4 Å². The Morgan fingerprint density at radius 3 is 2.67 bits per heavy atom. The van der Waals surface area contributed by atoms with Crippen molar-refractivity contribution in [1.82, 2.24) is 5.32 Å². The Labute approximate surface area is 102 Å². The van der Waals surface area contributed by atoms with Crippen LogP contribution in [0.3, 0.4) is 0 Å². The second-order valence-electron chi connectivity index (χ2n) is 4.11. The number of benzene rings is 1. The zero-order valence-corrected chi connectivity index (χ0v) is 9.73. The van der Waals surface area contributed by atoms with Gasteiger partial charge in [-0.15, -0.1) is 0 Å². The number of nitrogens with one attached hydrogen (secondary N) is 1. The quantitative estimate of drug-likeness (QED) is 0.654. The summed E-state index contributed by atoms with van der Waals surface area (Å²) in [4.78, 5) is 21.7. The van der Waals surface area contributed by atoms with Crippen molar-refractivity contribution < 1.29 is 14.1 Å². The monoisotopic (exact) mass is 251 g/mol. The molecule has 94 valence electrons. The van der Waals surface area contributed by atoms with Crippen LogP contribution in [0.25, 0.3) is 0 Å². The topological polar surface area (TPSA) is 96.0 Å². The number of hydrogen-bond donors (Lipinski definition) is 1. The van der Waals surface area contributed by atoms with E-state index in [0.717, 1.165) is 18.2 Å². The van der Waals surface area contributed by atoms with Crippen LogP contribution in [-0.4, -0.2) is 16.4 Å². The maximum Gasteiger partial charge on any atom is 0.282 e. The average molecular weight is 251 g/mol. The summed E-state index contributed by atoms with van der Waals surface area (Å²) in [7, 11) is 0. The first-order valence-corrected chi connectivity index (χ1v) is 4.94. The molecule has 18 heavy (non-hydrogen) atoms. The molecule has 7 heteroatoms. The minimum atomic E-state index is -1.20. The van der Waals surface area contributed by atoms with Crippen molar-refractivity contribution in [2.24, 2.45) is 0 Å². The van der Waals surface area contributed by atoms with Crippen molar-refractivity contribution in [1.29, 1.82) is 5.26 Å². The molecule has 1 N–H and O–H groups in total. The molecule has 0 saturated carbocycles. The highest BCUT2D eigenvalue weighted by atomic mass is 19.1. The predicted molar refractivity (Wildman–Crippen MR) is 60.2 cm³/mol. The lowest BCUT2D eigenvalue weighted by atomic mass is 10.1. The Kier molecular flexibility index (Phi) is 3.61. The zero-order chi connectivity index (χ0) is 13.9. The van der Waals surface area contributed by atoms with Crippen LogP contribution in [-0.2, 0) is 0 Å². The summed E-state index contributed by atoms with van der Waals surface area (Å²) in [6.07, 6.45) is 0. The van der Waals surface area contributed by atoms with Gasteiger partial charge >= 0.3 is 0 Å². The summed E-state index contributed by atoms with van der Waals surface area (Å²) in [6.45, 7) is 2.85. The molecule has 1 aromatic rings. The predicted octanol–water partition coefficient (Wildman–Crippen LogP) is 1.77. The molecule has 6 nitrogen and oxygen atoms in total. The number of nitriles is 1. The number of nitro groups is 1. The van der Waals surface area contributed by atoms with Crippen molar-refractivity contribution in [3.05, 3.63) is 39.7 Å². The van der Waals surface area contributed by atoms with Gasteiger partial charge in [0.15, 0.2) is 0 Å². The summed E-state index contributed by atoms with van der Waals surface area (Å²) in [6, 6.07) is 4.37. The minimum Gasteiger partial charge on any atom is -0.334 e. The zero-order valence-electron chi connectivity index (χ0n) is 9.73. The van der Waals surface area contributed by atoms with Gasteiger partial charge in [-0.2, -0.15) is 5.26 Å². The van der Waals surface area contributed by atoms with Crippen LogP contribution in [0.2, 0.25) is 0 Å². The molecule has 0 aliphatic heterocycles. The minimum absolute atomic E-state index is 0.414. The third-order valence-corrected chi connectivity index (χ3v) is 2.11. The summed E-state index contributed by atoms with van der Waals surface area (Å²) < 4.78 is 13.0. The third kappa shape index (κ3) is 3.01. The van der Waals surface area contributed by atoms with E-state index in [1.165, 1.54) is 13.8 Å². The summed E-state index contributed by atoms with van der Waals surface area (Å²) >= 11 is 0. The molecule has 0 aliphatic rings. The van der Waals surface area contributed by atoms with Crippen molar-refractivity contribution in [3.63, 3.8) is 0 Å². The Bertz CT molecular complexity index is 549. The van der Waals surface area contributed by atoms with Crippen LogP contribution in [0.1, 0.15) is 24.2 Å². The second kappa shape index (κ2) is 4.79. The van der Waals surface area contributed by atoms with Gasteiger partial charge in [0.25, 0.3) is 11.6 Å². The lowest BCUT2D eigenvalue weighted by Crippen LogP contribution is -2.42. The van der Waals surface area contributed by atoms with Crippen molar-refractivity contribution in [2.75, 3.05) is 0 Å². The van der Waals surface area contributed by atoms with E-state index in [1.807, 2.05) is 6.07 Å². The normalized spacial score (nSPS) is 10.6.